The van der Waals surface area contributed by atoms with Crippen LogP contribution in [0.1, 0.15) is 50.9 Å². The van der Waals surface area contributed by atoms with Crippen molar-refractivity contribution in [1.82, 2.24) is 15.0 Å². The third-order valence-electron chi connectivity index (χ3n) is 4.55. The highest BCUT2D eigenvalue weighted by molar-refractivity contribution is 5.16. The third-order valence-corrected chi connectivity index (χ3v) is 4.55. The van der Waals surface area contributed by atoms with Gasteiger partial charge in [-0.3, -0.25) is 0 Å². The molecular weight excluding hydrogens is 198 g/mol. The van der Waals surface area contributed by atoms with Crippen molar-refractivity contribution in [2.75, 3.05) is 0 Å². The number of nitrogens with zero attached hydrogens (tertiary/aromatic N) is 3. The van der Waals surface area contributed by atoms with E-state index in [0.717, 1.165) is 25.3 Å². The molecule has 1 heterocycles. The minimum Gasteiger partial charge on any atom is -0.249 e. The first-order valence-electron chi connectivity index (χ1n) is 6.64. The zero-order valence-electron chi connectivity index (χ0n) is 10.4. The van der Waals surface area contributed by atoms with Crippen molar-refractivity contribution in [1.29, 1.82) is 0 Å². The molecule has 1 saturated carbocycles. The van der Waals surface area contributed by atoms with E-state index in [1.807, 2.05) is 0 Å². The monoisotopic (exact) mass is 219 g/mol. The van der Waals surface area contributed by atoms with Gasteiger partial charge in [0.2, 0.25) is 0 Å². The van der Waals surface area contributed by atoms with Gasteiger partial charge in [0.25, 0.3) is 0 Å². The molecule has 1 fully saturated rings. The van der Waals surface area contributed by atoms with Gasteiger partial charge >= 0.3 is 0 Å². The Balaban J connectivity index is 1.84. The molecular formula is C13H21N3. The van der Waals surface area contributed by atoms with Gasteiger partial charge in [-0.05, 0) is 49.9 Å². The Kier molecular flexibility index (Phi) is 2.30. The van der Waals surface area contributed by atoms with E-state index < -0.39 is 0 Å². The molecule has 88 valence electrons. The molecule has 0 bridgehead atoms. The molecule has 0 N–H and O–H groups in total. The van der Waals surface area contributed by atoms with E-state index in [9.17, 15) is 0 Å². The van der Waals surface area contributed by atoms with Crippen LogP contribution in [0, 0.1) is 11.3 Å². The van der Waals surface area contributed by atoms with E-state index >= 15 is 0 Å². The lowest BCUT2D eigenvalue weighted by molar-refractivity contribution is 0.429. The first kappa shape index (κ1) is 10.3. The third kappa shape index (κ3) is 1.57. The smallest absolute Gasteiger partial charge is 0.0859 e. The minimum absolute atomic E-state index is 0.645. The van der Waals surface area contributed by atoms with Crippen molar-refractivity contribution in [3.05, 3.63) is 11.4 Å². The summed E-state index contributed by atoms with van der Waals surface area (Å²) in [6, 6.07) is 0. The number of hydrogen-bond acceptors (Lipinski definition) is 2. The summed E-state index contributed by atoms with van der Waals surface area (Å²) in [4.78, 5) is 0. The summed E-state index contributed by atoms with van der Waals surface area (Å²) < 4.78 is 2.14. The van der Waals surface area contributed by atoms with Crippen molar-refractivity contribution >= 4 is 0 Å². The molecule has 3 rings (SSSR count). The molecule has 0 saturated heterocycles. The molecule has 2 aliphatic rings. The van der Waals surface area contributed by atoms with Crippen molar-refractivity contribution in [2.45, 2.75) is 58.9 Å². The van der Waals surface area contributed by atoms with Gasteiger partial charge in [-0.25, -0.2) is 4.68 Å². The molecule has 3 heteroatoms. The predicted molar refractivity (Wildman–Crippen MR) is 63.2 cm³/mol. The summed E-state index contributed by atoms with van der Waals surface area (Å²) in [5.74, 6) is 0.977. The van der Waals surface area contributed by atoms with Gasteiger partial charge in [0.05, 0.1) is 11.4 Å². The fourth-order valence-electron chi connectivity index (χ4n) is 3.20. The predicted octanol–water partition coefficient (Wildman–Crippen LogP) is 2.59. The fourth-order valence-corrected chi connectivity index (χ4v) is 3.20. The quantitative estimate of drug-likeness (QED) is 0.765. The summed E-state index contributed by atoms with van der Waals surface area (Å²) in [5.41, 5.74) is 3.35. The van der Waals surface area contributed by atoms with Crippen LogP contribution in [0.2, 0.25) is 0 Å². The van der Waals surface area contributed by atoms with E-state index in [4.69, 9.17) is 0 Å². The SMILES string of the molecule is CCCn1nnc2c1CC[C@H]1C[C@@]1(C)CC2. The first-order valence-corrected chi connectivity index (χ1v) is 6.64. The number of rotatable bonds is 2. The summed E-state index contributed by atoms with van der Waals surface area (Å²) in [5, 5.41) is 8.67. The summed E-state index contributed by atoms with van der Waals surface area (Å²) >= 11 is 0. The molecule has 2 atom stereocenters. The van der Waals surface area contributed by atoms with Crippen LogP contribution in [0.5, 0.6) is 0 Å². The van der Waals surface area contributed by atoms with Gasteiger partial charge in [-0.15, -0.1) is 5.10 Å². The minimum atomic E-state index is 0.645. The molecule has 0 aliphatic heterocycles. The van der Waals surface area contributed by atoms with Crippen LogP contribution in [-0.2, 0) is 19.4 Å². The van der Waals surface area contributed by atoms with Crippen LogP contribution < -0.4 is 0 Å². The van der Waals surface area contributed by atoms with Crippen molar-refractivity contribution in [2.24, 2.45) is 11.3 Å². The van der Waals surface area contributed by atoms with E-state index in [1.54, 1.807) is 0 Å². The van der Waals surface area contributed by atoms with Gasteiger partial charge in [0.15, 0.2) is 0 Å². The molecule has 0 radical (unpaired) electrons. The topological polar surface area (TPSA) is 30.7 Å². The van der Waals surface area contributed by atoms with Crippen LogP contribution in [0.3, 0.4) is 0 Å². The molecule has 0 unspecified atom stereocenters. The van der Waals surface area contributed by atoms with Crippen molar-refractivity contribution in [3.8, 4) is 0 Å². The van der Waals surface area contributed by atoms with Gasteiger partial charge in [0, 0.05) is 6.54 Å². The largest absolute Gasteiger partial charge is 0.249 e. The maximum absolute atomic E-state index is 4.37. The Morgan fingerprint density at radius 1 is 1.44 bits per heavy atom. The van der Waals surface area contributed by atoms with Gasteiger partial charge in [-0.2, -0.15) is 0 Å². The molecule has 1 aromatic rings. The Morgan fingerprint density at radius 3 is 3.12 bits per heavy atom. The van der Waals surface area contributed by atoms with E-state index in [1.165, 1.54) is 37.1 Å². The average Bonchev–Trinajstić information content (AvgIpc) is 2.72. The Morgan fingerprint density at radius 2 is 2.31 bits per heavy atom. The maximum atomic E-state index is 4.37. The molecule has 0 aromatic carbocycles. The summed E-state index contributed by atoms with van der Waals surface area (Å²) in [7, 11) is 0. The lowest BCUT2D eigenvalue weighted by Gasteiger charge is -2.15. The second kappa shape index (κ2) is 3.57. The number of aryl methyl sites for hydroxylation is 2. The lowest BCUT2D eigenvalue weighted by atomic mass is 9.92. The standard InChI is InChI=1S/C13H21N3/c1-3-8-16-12-5-4-10-9-13(10,2)7-6-11(12)14-15-16/h10H,3-9H2,1-2H3/t10-,13+/m0/s1. The van der Waals surface area contributed by atoms with Crippen LogP contribution in [-0.4, -0.2) is 15.0 Å². The first-order chi connectivity index (χ1) is 7.73. The lowest BCUT2D eigenvalue weighted by Crippen LogP contribution is -2.11. The highest BCUT2D eigenvalue weighted by atomic mass is 15.4. The molecule has 1 aromatic heterocycles. The maximum Gasteiger partial charge on any atom is 0.0859 e. The van der Waals surface area contributed by atoms with Crippen LogP contribution in [0.25, 0.3) is 0 Å². The highest BCUT2D eigenvalue weighted by Gasteiger charge is 2.49. The van der Waals surface area contributed by atoms with E-state index in [-0.39, 0.29) is 0 Å². The Hall–Kier alpha value is -0.860. The number of fused-ring (bicyclic) bond motifs is 2. The number of aromatic nitrogens is 3. The molecule has 3 nitrogen and oxygen atoms in total. The summed E-state index contributed by atoms with van der Waals surface area (Å²) in [6.07, 6.45) is 7.60. The Labute approximate surface area is 97.2 Å². The van der Waals surface area contributed by atoms with E-state index in [2.05, 4.69) is 28.8 Å². The average molecular weight is 219 g/mol. The number of hydrogen-bond donors (Lipinski definition) is 0. The van der Waals surface area contributed by atoms with Crippen LogP contribution in [0.15, 0.2) is 0 Å². The van der Waals surface area contributed by atoms with Crippen molar-refractivity contribution < 1.29 is 0 Å². The second-order valence-electron chi connectivity index (χ2n) is 5.80. The molecule has 0 spiro atoms. The Bertz CT molecular complexity index is 396. The van der Waals surface area contributed by atoms with E-state index in [0.29, 0.717) is 5.41 Å². The van der Waals surface area contributed by atoms with Gasteiger partial charge in [0.1, 0.15) is 0 Å². The second-order valence-corrected chi connectivity index (χ2v) is 5.80. The van der Waals surface area contributed by atoms with Crippen LogP contribution >= 0.6 is 0 Å². The normalized spacial score (nSPS) is 32.5. The zero-order chi connectivity index (χ0) is 11.2. The van der Waals surface area contributed by atoms with Gasteiger partial charge in [-0.1, -0.05) is 19.1 Å². The van der Waals surface area contributed by atoms with Crippen molar-refractivity contribution in [3.63, 3.8) is 0 Å². The zero-order valence-corrected chi connectivity index (χ0v) is 10.4. The van der Waals surface area contributed by atoms with Gasteiger partial charge < -0.3 is 0 Å². The summed E-state index contributed by atoms with van der Waals surface area (Å²) in [6.45, 7) is 5.68. The highest BCUT2D eigenvalue weighted by Crippen LogP contribution is 2.58. The fraction of sp³-hybridized carbons (Fsp3) is 0.846. The molecule has 16 heavy (non-hydrogen) atoms. The molecule has 0 amide bonds. The molecule has 2 aliphatic carbocycles. The van der Waals surface area contributed by atoms with Crippen LogP contribution in [0.4, 0.5) is 0 Å².